The van der Waals surface area contributed by atoms with E-state index in [2.05, 4.69) is 11.1 Å². The van der Waals surface area contributed by atoms with Crippen LogP contribution in [0.3, 0.4) is 0 Å². The summed E-state index contributed by atoms with van der Waals surface area (Å²) in [7, 11) is 0. The van der Waals surface area contributed by atoms with E-state index in [1.807, 2.05) is 29.2 Å². The molecule has 3 rings (SSSR count). The molecule has 4 nitrogen and oxygen atoms in total. The molecule has 0 amide bonds. The summed E-state index contributed by atoms with van der Waals surface area (Å²) in [6.07, 6.45) is 0.866. The molecular weight excluding hydrogens is 228 g/mol. The van der Waals surface area contributed by atoms with Gasteiger partial charge in [0.1, 0.15) is 11.9 Å². The van der Waals surface area contributed by atoms with Crippen LogP contribution >= 0.6 is 0 Å². The van der Waals surface area contributed by atoms with Crippen molar-refractivity contribution in [2.75, 3.05) is 11.4 Å². The Hall–Kier alpha value is -2.10. The van der Waals surface area contributed by atoms with E-state index in [1.165, 1.54) is 0 Å². The number of carboxylic acid groups (broad SMARTS) is 1. The highest BCUT2D eigenvalue weighted by atomic mass is 16.4. The molecule has 1 atom stereocenters. The number of benzene rings is 1. The highest BCUT2D eigenvalue weighted by Crippen LogP contribution is 2.30. The van der Waals surface area contributed by atoms with E-state index in [0.717, 1.165) is 35.2 Å². The van der Waals surface area contributed by atoms with Gasteiger partial charge in [-0.2, -0.15) is 0 Å². The molecule has 0 spiro atoms. The predicted octanol–water partition coefficient (Wildman–Crippen LogP) is 2.07. The van der Waals surface area contributed by atoms with Gasteiger partial charge in [-0.3, -0.25) is 0 Å². The van der Waals surface area contributed by atoms with Crippen LogP contribution in [0.2, 0.25) is 0 Å². The van der Waals surface area contributed by atoms with Crippen LogP contribution in [0, 0.1) is 0 Å². The Morgan fingerprint density at radius 3 is 3.00 bits per heavy atom. The van der Waals surface area contributed by atoms with E-state index in [9.17, 15) is 4.79 Å². The number of aliphatic carboxylic acids is 1. The van der Waals surface area contributed by atoms with Gasteiger partial charge >= 0.3 is 5.97 Å². The van der Waals surface area contributed by atoms with Crippen molar-refractivity contribution in [2.24, 2.45) is 0 Å². The minimum Gasteiger partial charge on any atom is -0.480 e. The van der Waals surface area contributed by atoms with Crippen LogP contribution in [-0.4, -0.2) is 28.6 Å². The highest BCUT2D eigenvalue weighted by molar-refractivity contribution is 5.84. The number of hydrogen-bond acceptors (Lipinski definition) is 3. The summed E-state index contributed by atoms with van der Waals surface area (Å²) < 4.78 is 0. The molecule has 0 saturated heterocycles. The Labute approximate surface area is 105 Å². The topological polar surface area (TPSA) is 53.4 Å². The third-order valence-electron chi connectivity index (χ3n) is 3.50. The summed E-state index contributed by atoms with van der Waals surface area (Å²) in [5, 5.41) is 10.2. The Morgan fingerprint density at radius 1 is 1.44 bits per heavy atom. The Morgan fingerprint density at radius 2 is 2.22 bits per heavy atom. The second kappa shape index (κ2) is 3.98. The molecular formula is C14H14N2O2. The van der Waals surface area contributed by atoms with Gasteiger partial charge in [0.25, 0.3) is 0 Å². The first-order valence-electron chi connectivity index (χ1n) is 6.05. The molecule has 1 aromatic carbocycles. The third kappa shape index (κ3) is 1.61. The maximum Gasteiger partial charge on any atom is 0.326 e. The van der Waals surface area contributed by atoms with Crippen molar-refractivity contribution in [3.8, 4) is 0 Å². The Bertz CT molecular complexity index is 624. The van der Waals surface area contributed by atoms with Gasteiger partial charge in [-0.05, 0) is 31.0 Å². The van der Waals surface area contributed by atoms with Crippen LogP contribution in [-0.2, 0) is 11.2 Å². The molecule has 1 unspecified atom stereocenters. The molecule has 0 fully saturated rings. The molecule has 2 heterocycles. The van der Waals surface area contributed by atoms with Gasteiger partial charge in [-0.25, -0.2) is 9.78 Å². The van der Waals surface area contributed by atoms with Gasteiger partial charge in [-0.15, -0.1) is 0 Å². The minimum atomic E-state index is -0.808. The quantitative estimate of drug-likeness (QED) is 0.876. The van der Waals surface area contributed by atoms with Gasteiger partial charge in [0.15, 0.2) is 0 Å². The normalized spacial score (nSPS) is 15.7. The lowest BCUT2D eigenvalue weighted by molar-refractivity contribution is -0.138. The van der Waals surface area contributed by atoms with Crippen molar-refractivity contribution in [1.29, 1.82) is 0 Å². The molecule has 1 aliphatic heterocycles. The maximum atomic E-state index is 11.1. The molecule has 1 aliphatic rings. The molecule has 0 saturated carbocycles. The van der Waals surface area contributed by atoms with Crippen molar-refractivity contribution in [3.05, 3.63) is 35.9 Å². The van der Waals surface area contributed by atoms with Gasteiger partial charge in [0.05, 0.1) is 5.52 Å². The number of para-hydroxylation sites is 1. The summed E-state index contributed by atoms with van der Waals surface area (Å²) in [6.45, 7) is 2.43. The monoisotopic (exact) mass is 242 g/mol. The zero-order valence-electron chi connectivity index (χ0n) is 10.1. The molecule has 1 aromatic heterocycles. The SMILES string of the molecule is CC(C(=O)O)N1CCc2cc3ccccc3nc21. The second-order valence-corrected chi connectivity index (χ2v) is 4.62. The van der Waals surface area contributed by atoms with Crippen LogP contribution in [0.5, 0.6) is 0 Å². The van der Waals surface area contributed by atoms with E-state index < -0.39 is 12.0 Å². The van der Waals surface area contributed by atoms with E-state index in [0.29, 0.717) is 0 Å². The zero-order valence-corrected chi connectivity index (χ0v) is 10.1. The molecule has 0 bridgehead atoms. The fourth-order valence-corrected chi connectivity index (χ4v) is 2.44. The number of nitrogens with zero attached hydrogens (tertiary/aromatic N) is 2. The number of carbonyl (C=O) groups is 1. The predicted molar refractivity (Wildman–Crippen MR) is 69.9 cm³/mol. The van der Waals surface area contributed by atoms with Gasteiger partial charge in [0.2, 0.25) is 0 Å². The Kier molecular flexibility index (Phi) is 2.44. The van der Waals surface area contributed by atoms with E-state index in [4.69, 9.17) is 5.11 Å². The van der Waals surface area contributed by atoms with E-state index in [-0.39, 0.29) is 0 Å². The summed E-state index contributed by atoms with van der Waals surface area (Å²) in [4.78, 5) is 17.6. The van der Waals surface area contributed by atoms with Crippen molar-refractivity contribution >= 4 is 22.7 Å². The number of carboxylic acids is 1. The average molecular weight is 242 g/mol. The third-order valence-corrected chi connectivity index (χ3v) is 3.50. The second-order valence-electron chi connectivity index (χ2n) is 4.62. The zero-order chi connectivity index (χ0) is 12.7. The van der Waals surface area contributed by atoms with Crippen LogP contribution in [0.1, 0.15) is 12.5 Å². The smallest absolute Gasteiger partial charge is 0.326 e. The first kappa shape index (κ1) is 11.0. The number of pyridine rings is 1. The molecule has 92 valence electrons. The largest absolute Gasteiger partial charge is 0.480 e. The van der Waals surface area contributed by atoms with Crippen molar-refractivity contribution in [2.45, 2.75) is 19.4 Å². The van der Waals surface area contributed by atoms with Gasteiger partial charge in [-0.1, -0.05) is 18.2 Å². The van der Waals surface area contributed by atoms with E-state index in [1.54, 1.807) is 6.92 Å². The van der Waals surface area contributed by atoms with Crippen LogP contribution in [0.25, 0.3) is 10.9 Å². The fraction of sp³-hybridized carbons (Fsp3) is 0.286. The molecule has 4 heteroatoms. The summed E-state index contributed by atoms with van der Waals surface area (Å²) in [6, 6.07) is 9.51. The first-order valence-corrected chi connectivity index (χ1v) is 6.05. The fourth-order valence-electron chi connectivity index (χ4n) is 2.44. The molecule has 0 radical (unpaired) electrons. The van der Waals surface area contributed by atoms with Crippen LogP contribution < -0.4 is 4.90 Å². The van der Waals surface area contributed by atoms with Crippen molar-refractivity contribution < 1.29 is 9.90 Å². The van der Waals surface area contributed by atoms with Crippen LogP contribution in [0.4, 0.5) is 5.82 Å². The lowest BCUT2D eigenvalue weighted by Crippen LogP contribution is -2.38. The Balaban J connectivity index is 2.10. The summed E-state index contributed by atoms with van der Waals surface area (Å²) in [5.41, 5.74) is 2.06. The van der Waals surface area contributed by atoms with Crippen LogP contribution in [0.15, 0.2) is 30.3 Å². The van der Waals surface area contributed by atoms with Gasteiger partial charge in [0, 0.05) is 11.9 Å². The number of anilines is 1. The summed E-state index contributed by atoms with van der Waals surface area (Å²) >= 11 is 0. The first-order chi connectivity index (χ1) is 8.66. The number of aromatic nitrogens is 1. The minimum absolute atomic E-state index is 0.528. The lowest BCUT2D eigenvalue weighted by atomic mass is 10.1. The van der Waals surface area contributed by atoms with Crippen molar-refractivity contribution in [1.82, 2.24) is 4.98 Å². The molecule has 18 heavy (non-hydrogen) atoms. The average Bonchev–Trinajstić information content (AvgIpc) is 2.77. The van der Waals surface area contributed by atoms with E-state index >= 15 is 0 Å². The summed E-state index contributed by atoms with van der Waals surface area (Å²) in [5.74, 6) is 0.0152. The lowest BCUT2D eigenvalue weighted by Gasteiger charge is -2.22. The maximum absolute atomic E-state index is 11.1. The molecule has 1 N–H and O–H groups in total. The number of hydrogen-bond donors (Lipinski definition) is 1. The standard InChI is InChI=1S/C14H14N2O2/c1-9(14(17)18)16-7-6-11-8-10-4-2-3-5-12(10)15-13(11)16/h2-5,8-9H,6-7H2,1H3,(H,17,18). The molecule has 2 aromatic rings. The van der Waals surface area contributed by atoms with Crippen molar-refractivity contribution in [3.63, 3.8) is 0 Å². The highest BCUT2D eigenvalue weighted by Gasteiger charge is 2.28. The molecule has 0 aliphatic carbocycles. The number of fused-ring (bicyclic) bond motifs is 2. The van der Waals surface area contributed by atoms with Gasteiger partial charge < -0.3 is 10.0 Å². The number of rotatable bonds is 2.